The van der Waals surface area contributed by atoms with Crippen LogP contribution in [0.2, 0.25) is 0 Å². The second kappa shape index (κ2) is 13.4. The van der Waals surface area contributed by atoms with E-state index in [0.717, 1.165) is 30.2 Å². The van der Waals surface area contributed by atoms with Gasteiger partial charge < -0.3 is 20.5 Å². The summed E-state index contributed by atoms with van der Waals surface area (Å²) in [6, 6.07) is 10.4. The molecule has 1 aliphatic carbocycles. The zero-order valence-corrected chi connectivity index (χ0v) is 22.8. The van der Waals surface area contributed by atoms with Gasteiger partial charge in [0.05, 0.1) is 11.9 Å². The van der Waals surface area contributed by atoms with Crippen LogP contribution in [0.25, 0.3) is 0 Å². The van der Waals surface area contributed by atoms with Crippen molar-refractivity contribution in [3.63, 3.8) is 0 Å². The highest BCUT2D eigenvalue weighted by molar-refractivity contribution is 8.15. The Balaban J connectivity index is 1.77. The highest BCUT2D eigenvalue weighted by Gasteiger charge is 2.45. The van der Waals surface area contributed by atoms with E-state index in [4.69, 9.17) is 4.74 Å². The van der Waals surface area contributed by atoms with Gasteiger partial charge in [-0.05, 0) is 55.5 Å². The molecule has 0 radical (unpaired) electrons. The average Bonchev–Trinajstić information content (AvgIpc) is 3.38. The molecule has 3 rings (SSSR count). The van der Waals surface area contributed by atoms with Crippen molar-refractivity contribution in [3.05, 3.63) is 59.9 Å². The molecule has 2 amide bonds. The first kappa shape index (κ1) is 29.2. The van der Waals surface area contributed by atoms with Gasteiger partial charge in [-0.15, -0.1) is 0 Å². The summed E-state index contributed by atoms with van der Waals surface area (Å²) in [4.78, 5) is 56.7. The molecule has 0 saturated heterocycles. The van der Waals surface area contributed by atoms with Crippen molar-refractivity contribution in [3.8, 4) is 5.75 Å². The van der Waals surface area contributed by atoms with Crippen molar-refractivity contribution >= 4 is 34.7 Å². The summed E-state index contributed by atoms with van der Waals surface area (Å²) in [6.45, 7) is 5.53. The first-order chi connectivity index (χ1) is 18.1. The average molecular weight is 542 g/mol. The molecule has 0 unspecified atom stereocenters. The SMILES string of the molecule is CCOC(=O)[C@H](Cc1ccc(O)cc1)NC(=O)C1(NC(=O)[C@H](SC(=O)c2ccccn2)C(C)C)CCCC1. The number of esters is 1. The number of nitrogens with one attached hydrogen (secondary N) is 2. The third kappa shape index (κ3) is 7.56. The standard InChI is InChI=1S/C28H35N3O6S/c1-4-37-25(34)22(17-19-10-12-20(32)13-11-19)30-27(36)28(14-6-7-15-28)31-24(33)23(18(2)3)38-26(35)21-9-5-8-16-29-21/h5,8-13,16,18,22-23,32H,4,6-7,14-15,17H2,1-3H3,(H,30,36)(H,31,33)/t22-,23+/m0/s1. The van der Waals surface area contributed by atoms with Crippen molar-refractivity contribution in [2.45, 2.75) is 69.7 Å². The van der Waals surface area contributed by atoms with E-state index >= 15 is 0 Å². The highest BCUT2D eigenvalue weighted by Crippen LogP contribution is 2.32. The number of pyridine rings is 1. The molecule has 0 aliphatic heterocycles. The largest absolute Gasteiger partial charge is 0.508 e. The van der Waals surface area contributed by atoms with Crippen molar-refractivity contribution in [2.24, 2.45) is 5.92 Å². The quantitative estimate of drug-likeness (QED) is 0.369. The fraction of sp³-hybridized carbons (Fsp3) is 0.464. The first-order valence-corrected chi connectivity index (χ1v) is 13.7. The highest BCUT2D eigenvalue weighted by atomic mass is 32.2. The number of nitrogens with zero attached hydrogens (tertiary/aromatic N) is 1. The van der Waals surface area contributed by atoms with Gasteiger partial charge in [-0.3, -0.25) is 19.4 Å². The molecule has 1 aromatic heterocycles. The number of phenols is 1. The summed E-state index contributed by atoms with van der Waals surface area (Å²) in [5, 5.41) is 14.3. The molecule has 1 heterocycles. The minimum atomic E-state index is -1.20. The van der Waals surface area contributed by atoms with Gasteiger partial charge in [-0.2, -0.15) is 0 Å². The number of benzene rings is 1. The molecule has 10 heteroatoms. The van der Waals surface area contributed by atoms with E-state index in [1.807, 2.05) is 13.8 Å². The number of aromatic hydroxyl groups is 1. The third-order valence-corrected chi connectivity index (χ3v) is 7.91. The van der Waals surface area contributed by atoms with Gasteiger partial charge in [0, 0.05) is 12.6 Å². The molecule has 1 aliphatic rings. The monoisotopic (exact) mass is 541 g/mol. The van der Waals surface area contributed by atoms with E-state index in [0.29, 0.717) is 12.8 Å². The van der Waals surface area contributed by atoms with Crippen LogP contribution in [0.15, 0.2) is 48.7 Å². The van der Waals surface area contributed by atoms with Crippen LogP contribution < -0.4 is 10.6 Å². The first-order valence-electron chi connectivity index (χ1n) is 12.8. The molecule has 1 fully saturated rings. The Morgan fingerprint density at radius 1 is 1.08 bits per heavy atom. The predicted octanol–water partition coefficient (Wildman–Crippen LogP) is 3.40. The van der Waals surface area contributed by atoms with Gasteiger partial charge in [0.1, 0.15) is 23.0 Å². The maximum atomic E-state index is 13.6. The van der Waals surface area contributed by atoms with E-state index in [1.54, 1.807) is 37.3 Å². The summed E-state index contributed by atoms with van der Waals surface area (Å²) < 4.78 is 5.20. The fourth-order valence-corrected chi connectivity index (χ4v) is 5.36. The van der Waals surface area contributed by atoms with Crippen LogP contribution in [-0.2, 0) is 25.5 Å². The second-order valence-corrected chi connectivity index (χ2v) is 10.8. The fourth-order valence-electron chi connectivity index (χ4n) is 4.45. The van der Waals surface area contributed by atoms with Gasteiger partial charge >= 0.3 is 5.97 Å². The molecule has 204 valence electrons. The topological polar surface area (TPSA) is 135 Å². The molecule has 0 spiro atoms. The van der Waals surface area contributed by atoms with Crippen LogP contribution in [0.3, 0.4) is 0 Å². The maximum absolute atomic E-state index is 13.6. The van der Waals surface area contributed by atoms with Crippen LogP contribution in [-0.4, -0.2) is 56.4 Å². The smallest absolute Gasteiger partial charge is 0.328 e. The van der Waals surface area contributed by atoms with E-state index in [-0.39, 0.29) is 35.5 Å². The lowest BCUT2D eigenvalue weighted by molar-refractivity contribution is -0.148. The number of carbonyl (C=O) groups is 4. The molecule has 1 aromatic carbocycles. The zero-order chi connectivity index (χ0) is 27.7. The summed E-state index contributed by atoms with van der Waals surface area (Å²) in [5.74, 6) is -1.53. The lowest BCUT2D eigenvalue weighted by atomic mass is 9.94. The molecular formula is C28H35N3O6S. The number of thioether (sulfide) groups is 1. The van der Waals surface area contributed by atoms with Crippen molar-refractivity contribution < 1.29 is 29.0 Å². The molecule has 0 bridgehead atoms. The number of ether oxygens (including phenoxy) is 1. The Labute approximate surface area is 227 Å². The number of phenolic OH excluding ortho intramolecular Hbond substituents is 1. The predicted molar refractivity (Wildman–Crippen MR) is 145 cm³/mol. The van der Waals surface area contributed by atoms with Crippen LogP contribution in [0.1, 0.15) is 62.5 Å². The molecule has 3 N–H and O–H groups in total. The molecule has 1 saturated carbocycles. The molecule has 2 aromatic rings. The molecule has 38 heavy (non-hydrogen) atoms. The normalized spacial score (nSPS) is 15.9. The number of carbonyl (C=O) groups excluding carboxylic acids is 4. The van der Waals surface area contributed by atoms with Crippen molar-refractivity contribution in [2.75, 3.05) is 6.61 Å². The van der Waals surface area contributed by atoms with Crippen LogP contribution >= 0.6 is 11.8 Å². The Morgan fingerprint density at radius 2 is 1.76 bits per heavy atom. The van der Waals surface area contributed by atoms with E-state index in [2.05, 4.69) is 15.6 Å². The summed E-state index contributed by atoms with van der Waals surface area (Å²) in [7, 11) is 0. The number of amides is 2. The zero-order valence-electron chi connectivity index (χ0n) is 21.9. The number of hydrogen-bond donors (Lipinski definition) is 3. The Hall–Kier alpha value is -3.40. The van der Waals surface area contributed by atoms with Crippen LogP contribution in [0.5, 0.6) is 5.75 Å². The minimum Gasteiger partial charge on any atom is -0.508 e. The van der Waals surface area contributed by atoms with Gasteiger partial charge in [-0.1, -0.05) is 56.7 Å². The Bertz CT molecular complexity index is 1120. The molecular weight excluding hydrogens is 506 g/mol. The van der Waals surface area contributed by atoms with E-state index < -0.39 is 34.6 Å². The van der Waals surface area contributed by atoms with Gasteiger partial charge in [0.15, 0.2) is 0 Å². The number of aromatic nitrogens is 1. The van der Waals surface area contributed by atoms with Gasteiger partial charge in [0.2, 0.25) is 16.9 Å². The molecule has 2 atom stereocenters. The Morgan fingerprint density at radius 3 is 2.34 bits per heavy atom. The lowest BCUT2D eigenvalue weighted by Crippen LogP contribution is -2.61. The van der Waals surface area contributed by atoms with E-state index in [1.165, 1.54) is 18.3 Å². The van der Waals surface area contributed by atoms with Crippen LogP contribution in [0, 0.1) is 5.92 Å². The van der Waals surface area contributed by atoms with Crippen molar-refractivity contribution in [1.82, 2.24) is 15.6 Å². The van der Waals surface area contributed by atoms with E-state index in [9.17, 15) is 24.3 Å². The number of rotatable bonds is 11. The summed E-state index contributed by atoms with van der Waals surface area (Å²) in [6.07, 6.45) is 4.00. The van der Waals surface area contributed by atoms with Crippen molar-refractivity contribution in [1.29, 1.82) is 0 Å². The lowest BCUT2D eigenvalue weighted by Gasteiger charge is -2.33. The maximum Gasteiger partial charge on any atom is 0.328 e. The van der Waals surface area contributed by atoms with Gasteiger partial charge in [0.25, 0.3) is 0 Å². The second-order valence-electron chi connectivity index (χ2n) is 9.71. The van der Waals surface area contributed by atoms with Gasteiger partial charge in [-0.25, -0.2) is 4.79 Å². The Kier molecular flexibility index (Phi) is 10.3. The molecule has 9 nitrogen and oxygen atoms in total. The summed E-state index contributed by atoms with van der Waals surface area (Å²) in [5.41, 5.74) is -0.204. The summed E-state index contributed by atoms with van der Waals surface area (Å²) >= 11 is 0.896. The third-order valence-electron chi connectivity index (χ3n) is 6.48. The minimum absolute atomic E-state index is 0.0946. The van der Waals surface area contributed by atoms with Crippen LogP contribution in [0.4, 0.5) is 0 Å². The number of hydrogen-bond acceptors (Lipinski definition) is 8.